The first-order valence-electron chi connectivity index (χ1n) is 9.70. The third-order valence-electron chi connectivity index (χ3n) is 5.53. The minimum absolute atomic E-state index is 0.0918. The molecule has 0 aromatic heterocycles. The van der Waals surface area contributed by atoms with E-state index in [0.717, 1.165) is 16.3 Å². The van der Waals surface area contributed by atoms with Gasteiger partial charge in [0, 0.05) is 6.61 Å². The Labute approximate surface area is 168 Å². The van der Waals surface area contributed by atoms with E-state index in [1.807, 2.05) is 42.5 Å². The SMILES string of the molecule is CC(C)(C)[Si](C)(C)OCC[C@@H](NC(=O)Cc1ccc2ccccc2c1)C(N)=O. The van der Waals surface area contributed by atoms with E-state index in [0.29, 0.717) is 13.0 Å². The fourth-order valence-electron chi connectivity index (χ4n) is 2.71. The first-order chi connectivity index (χ1) is 13.0. The van der Waals surface area contributed by atoms with Crippen LogP contribution in [0.4, 0.5) is 0 Å². The van der Waals surface area contributed by atoms with Crippen molar-refractivity contribution in [3.05, 3.63) is 48.0 Å². The second-order valence-corrected chi connectivity index (χ2v) is 13.6. The van der Waals surface area contributed by atoms with Gasteiger partial charge in [0.2, 0.25) is 11.8 Å². The summed E-state index contributed by atoms with van der Waals surface area (Å²) in [4.78, 5) is 24.2. The predicted molar refractivity (Wildman–Crippen MR) is 117 cm³/mol. The molecular formula is C22H32N2O3Si. The topological polar surface area (TPSA) is 81.4 Å². The second-order valence-electron chi connectivity index (χ2n) is 8.78. The van der Waals surface area contributed by atoms with Crippen LogP contribution in [0.5, 0.6) is 0 Å². The highest BCUT2D eigenvalue weighted by Crippen LogP contribution is 2.36. The van der Waals surface area contributed by atoms with Gasteiger partial charge in [-0.15, -0.1) is 0 Å². The van der Waals surface area contributed by atoms with Gasteiger partial charge in [0.25, 0.3) is 0 Å². The summed E-state index contributed by atoms with van der Waals surface area (Å²) >= 11 is 0. The van der Waals surface area contributed by atoms with Gasteiger partial charge in [0.15, 0.2) is 8.32 Å². The molecule has 6 heteroatoms. The number of hydrogen-bond acceptors (Lipinski definition) is 3. The molecule has 0 aliphatic rings. The minimum atomic E-state index is -1.90. The van der Waals surface area contributed by atoms with E-state index in [-0.39, 0.29) is 17.4 Å². The van der Waals surface area contributed by atoms with Crippen molar-refractivity contribution in [1.29, 1.82) is 0 Å². The van der Waals surface area contributed by atoms with Crippen molar-refractivity contribution in [1.82, 2.24) is 5.32 Å². The van der Waals surface area contributed by atoms with Gasteiger partial charge in [-0.3, -0.25) is 9.59 Å². The lowest BCUT2D eigenvalue weighted by atomic mass is 10.0. The molecule has 0 fully saturated rings. The number of carbonyl (C=O) groups is 2. The van der Waals surface area contributed by atoms with Gasteiger partial charge < -0.3 is 15.5 Å². The van der Waals surface area contributed by atoms with Gasteiger partial charge in [-0.2, -0.15) is 0 Å². The molecule has 0 saturated carbocycles. The Morgan fingerprint density at radius 1 is 1.11 bits per heavy atom. The molecule has 5 nitrogen and oxygen atoms in total. The molecule has 0 bridgehead atoms. The van der Waals surface area contributed by atoms with Crippen molar-refractivity contribution in [2.45, 2.75) is 57.8 Å². The van der Waals surface area contributed by atoms with Gasteiger partial charge in [-0.1, -0.05) is 63.2 Å². The van der Waals surface area contributed by atoms with Crippen molar-refractivity contribution in [3.8, 4) is 0 Å². The number of rotatable bonds is 8. The average molecular weight is 401 g/mol. The summed E-state index contributed by atoms with van der Waals surface area (Å²) in [6.07, 6.45) is 0.586. The molecule has 0 unspecified atom stereocenters. The highest BCUT2D eigenvalue weighted by molar-refractivity contribution is 6.74. The molecule has 0 radical (unpaired) electrons. The molecule has 2 amide bonds. The van der Waals surface area contributed by atoms with E-state index < -0.39 is 20.3 Å². The van der Waals surface area contributed by atoms with E-state index in [1.54, 1.807) is 0 Å². The summed E-state index contributed by atoms with van der Waals surface area (Å²) in [6, 6.07) is 13.2. The summed E-state index contributed by atoms with van der Waals surface area (Å²) in [5.41, 5.74) is 6.39. The van der Waals surface area contributed by atoms with Crippen molar-refractivity contribution in [2.75, 3.05) is 6.61 Å². The van der Waals surface area contributed by atoms with Gasteiger partial charge in [-0.25, -0.2) is 0 Å². The molecule has 152 valence electrons. The number of nitrogens with one attached hydrogen (secondary N) is 1. The zero-order valence-corrected chi connectivity index (χ0v) is 18.5. The van der Waals surface area contributed by atoms with Crippen LogP contribution in [-0.4, -0.2) is 32.8 Å². The lowest BCUT2D eigenvalue weighted by Gasteiger charge is -2.36. The Balaban J connectivity index is 1.93. The molecule has 1 atom stereocenters. The van der Waals surface area contributed by atoms with Crippen LogP contribution in [0.15, 0.2) is 42.5 Å². The lowest BCUT2D eigenvalue weighted by Crippen LogP contribution is -2.47. The van der Waals surface area contributed by atoms with E-state index in [1.165, 1.54) is 0 Å². The third-order valence-corrected chi connectivity index (χ3v) is 10.1. The third kappa shape index (κ3) is 5.91. The maximum absolute atomic E-state index is 12.4. The summed E-state index contributed by atoms with van der Waals surface area (Å²) in [7, 11) is -1.90. The Kier molecular flexibility index (Phi) is 7.01. The molecule has 3 N–H and O–H groups in total. The Bertz CT molecular complexity index is 843. The number of benzene rings is 2. The smallest absolute Gasteiger partial charge is 0.240 e. The van der Waals surface area contributed by atoms with Crippen LogP contribution >= 0.6 is 0 Å². The Morgan fingerprint density at radius 3 is 2.36 bits per heavy atom. The van der Waals surface area contributed by atoms with Crippen LogP contribution in [0.1, 0.15) is 32.8 Å². The summed E-state index contributed by atoms with van der Waals surface area (Å²) in [6.45, 7) is 11.2. The van der Waals surface area contributed by atoms with Crippen LogP contribution in [-0.2, 0) is 20.4 Å². The second kappa shape index (κ2) is 8.88. The maximum Gasteiger partial charge on any atom is 0.240 e. The molecule has 0 heterocycles. The number of fused-ring (bicyclic) bond motifs is 1. The maximum atomic E-state index is 12.4. The van der Waals surface area contributed by atoms with Crippen molar-refractivity contribution >= 4 is 30.9 Å². The van der Waals surface area contributed by atoms with Crippen LogP contribution in [0, 0.1) is 0 Å². The number of carbonyl (C=O) groups excluding carboxylic acids is 2. The Hall–Kier alpha value is -2.18. The number of hydrogen-bond donors (Lipinski definition) is 2. The largest absolute Gasteiger partial charge is 0.417 e. The molecule has 0 saturated heterocycles. The van der Waals surface area contributed by atoms with Crippen molar-refractivity contribution in [3.63, 3.8) is 0 Å². The zero-order valence-electron chi connectivity index (χ0n) is 17.5. The van der Waals surface area contributed by atoms with Crippen LogP contribution in [0.2, 0.25) is 18.1 Å². The van der Waals surface area contributed by atoms with Crippen LogP contribution < -0.4 is 11.1 Å². The lowest BCUT2D eigenvalue weighted by molar-refractivity contribution is -0.127. The number of primary amides is 1. The molecule has 2 aromatic carbocycles. The molecule has 0 spiro atoms. The summed E-state index contributed by atoms with van der Waals surface area (Å²) in [5, 5.41) is 5.07. The number of nitrogens with two attached hydrogens (primary N) is 1. The fraction of sp³-hybridized carbons (Fsp3) is 0.455. The number of amides is 2. The quantitative estimate of drug-likeness (QED) is 0.662. The van der Waals surface area contributed by atoms with Crippen molar-refractivity contribution in [2.24, 2.45) is 5.73 Å². The molecule has 0 aliphatic heterocycles. The standard InChI is InChI=1S/C22H32N2O3Si/c1-22(2,3)28(4,5)27-13-12-19(21(23)26)24-20(25)15-16-10-11-17-8-6-7-9-18(17)14-16/h6-11,14,19H,12-13,15H2,1-5H3,(H2,23,26)(H,24,25)/t19-/m1/s1. The van der Waals surface area contributed by atoms with E-state index in [2.05, 4.69) is 39.2 Å². The highest BCUT2D eigenvalue weighted by atomic mass is 28.4. The van der Waals surface area contributed by atoms with E-state index in [9.17, 15) is 9.59 Å². The van der Waals surface area contributed by atoms with Gasteiger partial charge in [-0.05, 0) is 40.9 Å². The van der Waals surface area contributed by atoms with Crippen LogP contribution in [0.25, 0.3) is 10.8 Å². The minimum Gasteiger partial charge on any atom is -0.417 e. The molecular weight excluding hydrogens is 368 g/mol. The van der Waals surface area contributed by atoms with Crippen molar-refractivity contribution < 1.29 is 14.0 Å². The molecule has 28 heavy (non-hydrogen) atoms. The normalized spacial score (nSPS) is 13.3. The summed E-state index contributed by atoms with van der Waals surface area (Å²) in [5.74, 6) is -0.753. The molecule has 2 rings (SSSR count). The van der Waals surface area contributed by atoms with E-state index in [4.69, 9.17) is 10.2 Å². The van der Waals surface area contributed by atoms with Gasteiger partial charge >= 0.3 is 0 Å². The zero-order chi connectivity index (χ0) is 20.9. The van der Waals surface area contributed by atoms with Gasteiger partial charge in [0.05, 0.1) is 6.42 Å². The first-order valence-corrected chi connectivity index (χ1v) is 12.6. The molecule has 2 aromatic rings. The predicted octanol–water partition coefficient (Wildman–Crippen LogP) is 3.76. The Morgan fingerprint density at radius 2 is 1.75 bits per heavy atom. The highest BCUT2D eigenvalue weighted by Gasteiger charge is 2.37. The van der Waals surface area contributed by atoms with Crippen LogP contribution in [0.3, 0.4) is 0 Å². The van der Waals surface area contributed by atoms with E-state index >= 15 is 0 Å². The first kappa shape index (κ1) is 22.1. The summed E-state index contributed by atoms with van der Waals surface area (Å²) < 4.78 is 6.10. The van der Waals surface area contributed by atoms with Gasteiger partial charge in [0.1, 0.15) is 6.04 Å². The molecule has 0 aliphatic carbocycles. The fourth-order valence-corrected chi connectivity index (χ4v) is 3.77. The average Bonchev–Trinajstić information content (AvgIpc) is 2.59. The monoisotopic (exact) mass is 400 g/mol.